The van der Waals surface area contributed by atoms with E-state index in [2.05, 4.69) is 13.8 Å². The average Bonchev–Trinajstić information content (AvgIpc) is 2.00. The van der Waals surface area contributed by atoms with Gasteiger partial charge in [0, 0.05) is 12.5 Å². The van der Waals surface area contributed by atoms with E-state index in [4.69, 9.17) is 10.5 Å². The quantitative estimate of drug-likeness (QED) is 0.715. The Labute approximate surface area is 92.4 Å². The van der Waals surface area contributed by atoms with Gasteiger partial charge < -0.3 is 10.5 Å². The van der Waals surface area contributed by atoms with Gasteiger partial charge >= 0.3 is 5.97 Å². The summed E-state index contributed by atoms with van der Waals surface area (Å²) < 4.78 is 5.29. The van der Waals surface area contributed by atoms with E-state index in [1.165, 1.54) is 0 Å². The monoisotopic (exact) mass is 213 g/mol. The highest BCUT2D eigenvalue weighted by atomic mass is 16.6. The Balaban J connectivity index is 2.41. The first-order valence-corrected chi connectivity index (χ1v) is 5.60. The molecule has 3 nitrogen and oxygen atoms in total. The Morgan fingerprint density at radius 2 is 2.00 bits per heavy atom. The molecular formula is C12H23NO2. The van der Waals surface area contributed by atoms with Crippen molar-refractivity contribution in [1.29, 1.82) is 0 Å². The van der Waals surface area contributed by atoms with Crippen molar-refractivity contribution in [2.45, 2.75) is 59.1 Å². The fourth-order valence-corrected chi connectivity index (χ4v) is 1.99. The first kappa shape index (κ1) is 12.5. The summed E-state index contributed by atoms with van der Waals surface area (Å²) in [5, 5.41) is 0. The lowest BCUT2D eigenvalue weighted by Gasteiger charge is -2.50. The lowest BCUT2D eigenvalue weighted by atomic mass is 9.58. The normalized spacial score (nSPS) is 29.5. The molecule has 0 heterocycles. The molecular weight excluding hydrogens is 190 g/mol. The third-order valence-electron chi connectivity index (χ3n) is 3.38. The summed E-state index contributed by atoms with van der Waals surface area (Å²) in [6, 6.07) is 0.227. The van der Waals surface area contributed by atoms with E-state index in [9.17, 15) is 4.79 Å². The fraction of sp³-hybridized carbons (Fsp3) is 0.917. The highest BCUT2D eigenvalue weighted by Gasteiger charge is 2.46. The molecule has 0 spiro atoms. The Kier molecular flexibility index (Phi) is 3.15. The number of carbonyl (C=O) groups is 1. The third-order valence-corrected chi connectivity index (χ3v) is 3.38. The highest BCUT2D eigenvalue weighted by molar-refractivity contribution is 5.70. The SMILES string of the molecule is CC(C)(C)OC(=O)CC1CC(N)C1(C)C. The zero-order valence-corrected chi connectivity index (χ0v) is 10.5. The molecule has 0 bridgehead atoms. The van der Waals surface area contributed by atoms with Gasteiger partial charge in [0.2, 0.25) is 0 Å². The van der Waals surface area contributed by atoms with Crippen molar-refractivity contribution < 1.29 is 9.53 Å². The molecule has 0 aliphatic heterocycles. The van der Waals surface area contributed by atoms with Crippen LogP contribution in [0.3, 0.4) is 0 Å². The van der Waals surface area contributed by atoms with Gasteiger partial charge in [0.1, 0.15) is 5.60 Å². The van der Waals surface area contributed by atoms with Crippen LogP contribution in [0.1, 0.15) is 47.5 Å². The van der Waals surface area contributed by atoms with E-state index in [0.29, 0.717) is 12.3 Å². The lowest BCUT2D eigenvalue weighted by Crippen LogP contribution is -2.55. The van der Waals surface area contributed by atoms with Crippen molar-refractivity contribution in [3.05, 3.63) is 0 Å². The summed E-state index contributed by atoms with van der Waals surface area (Å²) in [7, 11) is 0. The molecule has 0 amide bonds. The molecule has 3 heteroatoms. The Bertz CT molecular complexity index is 253. The van der Waals surface area contributed by atoms with Crippen LogP contribution >= 0.6 is 0 Å². The van der Waals surface area contributed by atoms with Crippen LogP contribution in [0, 0.1) is 11.3 Å². The molecule has 0 saturated heterocycles. The number of hydrogen-bond acceptors (Lipinski definition) is 3. The first-order chi connectivity index (χ1) is 6.63. The van der Waals surface area contributed by atoms with Crippen LogP contribution in [0.15, 0.2) is 0 Å². The van der Waals surface area contributed by atoms with Gasteiger partial charge in [-0.1, -0.05) is 13.8 Å². The van der Waals surface area contributed by atoms with E-state index in [-0.39, 0.29) is 23.0 Å². The molecule has 1 aliphatic rings. The lowest BCUT2D eigenvalue weighted by molar-refractivity contribution is -0.159. The molecule has 0 aromatic heterocycles. The Hall–Kier alpha value is -0.570. The second-order valence-corrected chi connectivity index (χ2v) is 6.15. The van der Waals surface area contributed by atoms with E-state index >= 15 is 0 Å². The van der Waals surface area contributed by atoms with Crippen LogP contribution in [0.25, 0.3) is 0 Å². The minimum absolute atomic E-state index is 0.0803. The molecule has 1 aliphatic carbocycles. The molecule has 1 saturated carbocycles. The van der Waals surface area contributed by atoms with Crippen LogP contribution in [0.5, 0.6) is 0 Å². The third kappa shape index (κ3) is 2.94. The first-order valence-electron chi connectivity index (χ1n) is 5.60. The summed E-state index contributed by atoms with van der Waals surface area (Å²) in [5.74, 6) is 0.273. The van der Waals surface area contributed by atoms with E-state index in [1.54, 1.807) is 0 Å². The van der Waals surface area contributed by atoms with Crippen molar-refractivity contribution in [2.75, 3.05) is 0 Å². The van der Waals surface area contributed by atoms with Gasteiger partial charge in [-0.25, -0.2) is 0 Å². The number of nitrogens with two attached hydrogens (primary N) is 1. The highest BCUT2D eigenvalue weighted by Crippen LogP contribution is 2.46. The number of hydrogen-bond donors (Lipinski definition) is 1. The van der Waals surface area contributed by atoms with Crippen molar-refractivity contribution in [1.82, 2.24) is 0 Å². The second-order valence-electron chi connectivity index (χ2n) is 6.15. The summed E-state index contributed by atoms with van der Waals surface area (Å²) in [4.78, 5) is 11.6. The number of rotatable bonds is 2. The predicted molar refractivity (Wildman–Crippen MR) is 60.3 cm³/mol. The molecule has 2 N–H and O–H groups in total. The van der Waals surface area contributed by atoms with Gasteiger partial charge in [-0.15, -0.1) is 0 Å². The van der Waals surface area contributed by atoms with Crippen molar-refractivity contribution >= 4 is 5.97 Å². The minimum atomic E-state index is -0.382. The Morgan fingerprint density at radius 1 is 1.47 bits per heavy atom. The van der Waals surface area contributed by atoms with Gasteiger partial charge in [-0.3, -0.25) is 4.79 Å². The molecule has 1 fully saturated rings. The predicted octanol–water partition coefficient (Wildman–Crippen LogP) is 2.09. The van der Waals surface area contributed by atoms with Crippen LogP contribution in [0.4, 0.5) is 0 Å². The van der Waals surface area contributed by atoms with Gasteiger partial charge in [-0.05, 0) is 38.5 Å². The van der Waals surface area contributed by atoms with Crippen molar-refractivity contribution in [3.63, 3.8) is 0 Å². The summed E-state index contributed by atoms with van der Waals surface area (Å²) >= 11 is 0. The molecule has 2 unspecified atom stereocenters. The maximum atomic E-state index is 11.6. The number of esters is 1. The van der Waals surface area contributed by atoms with E-state index in [0.717, 1.165) is 6.42 Å². The van der Waals surface area contributed by atoms with E-state index < -0.39 is 0 Å². The minimum Gasteiger partial charge on any atom is -0.460 e. The number of carbonyl (C=O) groups excluding carboxylic acids is 1. The van der Waals surface area contributed by atoms with Gasteiger partial charge in [0.05, 0.1) is 0 Å². The largest absolute Gasteiger partial charge is 0.460 e. The molecule has 1 rings (SSSR count). The van der Waals surface area contributed by atoms with E-state index in [1.807, 2.05) is 20.8 Å². The molecule has 2 atom stereocenters. The molecule has 0 radical (unpaired) electrons. The number of ether oxygens (including phenoxy) is 1. The summed E-state index contributed by atoms with van der Waals surface area (Å²) in [6.07, 6.45) is 1.43. The maximum Gasteiger partial charge on any atom is 0.306 e. The van der Waals surface area contributed by atoms with Crippen LogP contribution in [0.2, 0.25) is 0 Å². The summed E-state index contributed by atoms with van der Waals surface area (Å²) in [6.45, 7) is 9.92. The van der Waals surface area contributed by atoms with Gasteiger partial charge in [-0.2, -0.15) is 0 Å². The summed E-state index contributed by atoms with van der Waals surface area (Å²) in [5.41, 5.74) is 5.60. The maximum absolute atomic E-state index is 11.6. The Morgan fingerprint density at radius 3 is 2.33 bits per heavy atom. The van der Waals surface area contributed by atoms with Crippen LogP contribution < -0.4 is 5.73 Å². The van der Waals surface area contributed by atoms with Crippen LogP contribution in [-0.2, 0) is 9.53 Å². The van der Waals surface area contributed by atoms with Crippen molar-refractivity contribution in [2.24, 2.45) is 17.1 Å². The molecule has 0 aromatic rings. The smallest absolute Gasteiger partial charge is 0.306 e. The molecule has 15 heavy (non-hydrogen) atoms. The zero-order chi connectivity index (χ0) is 11.9. The molecule has 88 valence electrons. The average molecular weight is 213 g/mol. The standard InChI is InChI=1S/C12H23NO2/c1-11(2,3)15-10(14)7-8-6-9(13)12(8,4)5/h8-9H,6-7,13H2,1-5H3. The fourth-order valence-electron chi connectivity index (χ4n) is 1.99. The zero-order valence-electron chi connectivity index (χ0n) is 10.5. The molecule has 0 aromatic carbocycles. The van der Waals surface area contributed by atoms with Crippen LogP contribution in [-0.4, -0.2) is 17.6 Å². The van der Waals surface area contributed by atoms with Crippen molar-refractivity contribution in [3.8, 4) is 0 Å². The van der Waals surface area contributed by atoms with Gasteiger partial charge in [0.15, 0.2) is 0 Å². The topological polar surface area (TPSA) is 52.3 Å². The second kappa shape index (κ2) is 3.78. The van der Waals surface area contributed by atoms with Gasteiger partial charge in [0.25, 0.3) is 0 Å².